The molecular formula is C15H16ClN3S. The number of rotatable bonds is 3. The molecule has 2 aromatic heterocycles. The lowest BCUT2D eigenvalue weighted by Gasteiger charge is -2.07. The Morgan fingerprint density at radius 3 is 2.80 bits per heavy atom. The van der Waals surface area contributed by atoms with Crippen LogP contribution in [0.25, 0.3) is 22.4 Å². The molecule has 0 radical (unpaired) electrons. The summed E-state index contributed by atoms with van der Waals surface area (Å²) >= 11 is 7.72. The molecule has 3 nitrogen and oxygen atoms in total. The van der Waals surface area contributed by atoms with Crippen LogP contribution < -0.4 is 5.73 Å². The van der Waals surface area contributed by atoms with Crippen molar-refractivity contribution in [3.63, 3.8) is 0 Å². The molecule has 0 saturated carbocycles. The van der Waals surface area contributed by atoms with Gasteiger partial charge < -0.3 is 10.3 Å². The number of halogens is 1. The number of nitrogens with two attached hydrogens (primary N) is 1. The number of hydrogen-bond acceptors (Lipinski definition) is 3. The maximum Gasteiger partial charge on any atom is 0.144 e. The van der Waals surface area contributed by atoms with Crippen LogP contribution >= 0.6 is 22.9 Å². The van der Waals surface area contributed by atoms with Gasteiger partial charge in [-0.15, -0.1) is 11.3 Å². The van der Waals surface area contributed by atoms with Crippen LogP contribution in [0.15, 0.2) is 24.3 Å². The van der Waals surface area contributed by atoms with Gasteiger partial charge in [0.15, 0.2) is 0 Å². The Morgan fingerprint density at radius 1 is 1.35 bits per heavy atom. The standard InChI is InChI=1S/C15H16ClN3S/c1-3-6-19-13-8-10(16)4-5-12(13)18-15(19)11-7-9(2)20-14(11)17/h4-5,7-8H,3,6,17H2,1-2H3. The third-order valence-electron chi connectivity index (χ3n) is 3.28. The number of fused-ring (bicyclic) bond motifs is 1. The van der Waals surface area contributed by atoms with Crippen LogP contribution in [-0.4, -0.2) is 9.55 Å². The number of benzene rings is 1. The number of aromatic nitrogens is 2. The highest BCUT2D eigenvalue weighted by atomic mass is 35.5. The molecule has 0 atom stereocenters. The summed E-state index contributed by atoms with van der Waals surface area (Å²) in [6, 6.07) is 7.91. The van der Waals surface area contributed by atoms with Crippen LogP contribution in [0, 0.1) is 6.92 Å². The van der Waals surface area contributed by atoms with Gasteiger partial charge in [0, 0.05) is 16.4 Å². The second kappa shape index (κ2) is 5.11. The van der Waals surface area contributed by atoms with E-state index in [0.717, 1.165) is 45.4 Å². The van der Waals surface area contributed by atoms with E-state index in [2.05, 4.69) is 24.5 Å². The second-order valence-corrected chi connectivity index (χ2v) is 6.58. The molecule has 1 aromatic carbocycles. The maximum absolute atomic E-state index is 6.13. The third kappa shape index (κ3) is 2.19. The molecule has 5 heteroatoms. The first-order valence-corrected chi connectivity index (χ1v) is 7.81. The van der Waals surface area contributed by atoms with Crippen molar-refractivity contribution in [3.8, 4) is 11.4 Å². The number of anilines is 1. The van der Waals surface area contributed by atoms with Crippen LogP contribution in [0.5, 0.6) is 0 Å². The van der Waals surface area contributed by atoms with Crippen molar-refractivity contribution in [2.24, 2.45) is 0 Å². The average molecular weight is 306 g/mol. The van der Waals surface area contributed by atoms with Gasteiger partial charge in [0.05, 0.1) is 21.6 Å². The van der Waals surface area contributed by atoms with Gasteiger partial charge in [-0.05, 0) is 37.6 Å². The van der Waals surface area contributed by atoms with E-state index in [9.17, 15) is 0 Å². The van der Waals surface area contributed by atoms with Gasteiger partial charge in [0.2, 0.25) is 0 Å². The fourth-order valence-corrected chi connectivity index (χ4v) is 3.41. The molecule has 3 rings (SSSR count). The first kappa shape index (κ1) is 13.5. The van der Waals surface area contributed by atoms with Crippen molar-refractivity contribution >= 4 is 39.0 Å². The number of nitrogens with zero attached hydrogens (tertiary/aromatic N) is 2. The van der Waals surface area contributed by atoms with Crippen LogP contribution in [0.3, 0.4) is 0 Å². The van der Waals surface area contributed by atoms with Gasteiger partial charge >= 0.3 is 0 Å². The minimum atomic E-state index is 0.732. The highest BCUT2D eigenvalue weighted by Gasteiger charge is 2.16. The van der Waals surface area contributed by atoms with Crippen molar-refractivity contribution in [2.45, 2.75) is 26.8 Å². The van der Waals surface area contributed by atoms with E-state index in [1.165, 1.54) is 4.88 Å². The molecule has 0 aliphatic heterocycles. The number of nitrogen functional groups attached to an aromatic ring is 1. The highest BCUT2D eigenvalue weighted by Crippen LogP contribution is 2.35. The van der Waals surface area contributed by atoms with Gasteiger partial charge in [-0.2, -0.15) is 0 Å². The Bertz CT molecular complexity index is 773. The molecule has 0 aliphatic carbocycles. The van der Waals surface area contributed by atoms with Gasteiger partial charge in [0.1, 0.15) is 5.82 Å². The van der Waals surface area contributed by atoms with Crippen molar-refractivity contribution in [3.05, 3.63) is 34.2 Å². The minimum Gasteiger partial charge on any atom is -0.390 e. The minimum absolute atomic E-state index is 0.732. The summed E-state index contributed by atoms with van der Waals surface area (Å²) in [7, 11) is 0. The van der Waals surface area contributed by atoms with Gasteiger partial charge in [0.25, 0.3) is 0 Å². The summed E-state index contributed by atoms with van der Waals surface area (Å²) in [5, 5.41) is 1.55. The van der Waals surface area contributed by atoms with E-state index in [1.54, 1.807) is 11.3 Å². The largest absolute Gasteiger partial charge is 0.390 e. The molecule has 2 N–H and O–H groups in total. The zero-order chi connectivity index (χ0) is 14.3. The molecule has 2 heterocycles. The Morgan fingerprint density at radius 2 is 2.15 bits per heavy atom. The molecule has 0 spiro atoms. The smallest absolute Gasteiger partial charge is 0.144 e. The maximum atomic E-state index is 6.13. The van der Waals surface area contributed by atoms with E-state index < -0.39 is 0 Å². The van der Waals surface area contributed by atoms with Gasteiger partial charge in [-0.3, -0.25) is 0 Å². The molecule has 0 bridgehead atoms. The number of imidazole rings is 1. The first-order valence-electron chi connectivity index (χ1n) is 6.62. The molecule has 104 valence electrons. The summed E-state index contributed by atoms with van der Waals surface area (Å²) in [5.41, 5.74) is 9.18. The van der Waals surface area contributed by atoms with Crippen LogP contribution in [0.2, 0.25) is 5.02 Å². The topological polar surface area (TPSA) is 43.8 Å². The lowest BCUT2D eigenvalue weighted by Crippen LogP contribution is -2.00. The molecule has 0 saturated heterocycles. The Labute approximate surface area is 127 Å². The van der Waals surface area contributed by atoms with E-state index in [1.807, 2.05) is 18.2 Å². The lowest BCUT2D eigenvalue weighted by molar-refractivity contribution is 0.704. The van der Waals surface area contributed by atoms with Crippen LogP contribution in [0.4, 0.5) is 5.00 Å². The van der Waals surface area contributed by atoms with Gasteiger partial charge in [-0.1, -0.05) is 18.5 Å². The highest BCUT2D eigenvalue weighted by molar-refractivity contribution is 7.16. The summed E-state index contributed by atoms with van der Waals surface area (Å²) < 4.78 is 2.21. The van der Waals surface area contributed by atoms with Crippen LogP contribution in [0.1, 0.15) is 18.2 Å². The first-order chi connectivity index (χ1) is 9.60. The molecular weight excluding hydrogens is 290 g/mol. The zero-order valence-corrected chi connectivity index (χ0v) is 13.1. The van der Waals surface area contributed by atoms with E-state index in [4.69, 9.17) is 22.3 Å². The number of aryl methyl sites for hydroxylation is 2. The zero-order valence-electron chi connectivity index (χ0n) is 11.5. The quantitative estimate of drug-likeness (QED) is 0.761. The van der Waals surface area contributed by atoms with E-state index in [0.29, 0.717) is 0 Å². The molecule has 3 aromatic rings. The van der Waals surface area contributed by atoms with E-state index >= 15 is 0 Å². The van der Waals surface area contributed by atoms with Crippen molar-refractivity contribution < 1.29 is 0 Å². The summed E-state index contributed by atoms with van der Waals surface area (Å²) in [5.74, 6) is 0.936. The lowest BCUT2D eigenvalue weighted by atomic mass is 10.2. The molecule has 0 amide bonds. The van der Waals surface area contributed by atoms with Crippen LogP contribution in [-0.2, 0) is 6.54 Å². The van der Waals surface area contributed by atoms with Crippen molar-refractivity contribution in [1.29, 1.82) is 0 Å². The Balaban J connectivity index is 2.29. The summed E-state index contributed by atoms with van der Waals surface area (Å²) in [4.78, 5) is 5.95. The Kier molecular flexibility index (Phi) is 3.44. The second-order valence-electron chi connectivity index (χ2n) is 4.86. The number of hydrogen-bond donors (Lipinski definition) is 1. The average Bonchev–Trinajstić information content (AvgIpc) is 2.91. The van der Waals surface area contributed by atoms with Crippen molar-refractivity contribution in [2.75, 3.05) is 5.73 Å². The fourth-order valence-electron chi connectivity index (χ4n) is 2.46. The summed E-state index contributed by atoms with van der Waals surface area (Å²) in [6.45, 7) is 5.12. The molecule has 0 fully saturated rings. The fraction of sp³-hybridized carbons (Fsp3) is 0.267. The predicted octanol–water partition coefficient (Wildman–Crippen LogP) is 4.72. The number of thiophene rings is 1. The van der Waals surface area contributed by atoms with E-state index in [-0.39, 0.29) is 0 Å². The Hall–Kier alpha value is -1.52. The third-order valence-corrected chi connectivity index (χ3v) is 4.40. The van der Waals surface area contributed by atoms with Gasteiger partial charge in [-0.25, -0.2) is 4.98 Å². The molecule has 0 aliphatic rings. The monoisotopic (exact) mass is 305 g/mol. The van der Waals surface area contributed by atoms with Crippen molar-refractivity contribution in [1.82, 2.24) is 9.55 Å². The summed E-state index contributed by atoms with van der Waals surface area (Å²) in [6.07, 6.45) is 1.04. The SMILES string of the molecule is CCCn1c(-c2cc(C)sc2N)nc2ccc(Cl)cc21. The predicted molar refractivity (Wildman–Crippen MR) is 87.5 cm³/mol. The molecule has 0 unspecified atom stereocenters. The molecule has 20 heavy (non-hydrogen) atoms. The normalized spacial score (nSPS) is 11.3.